The summed E-state index contributed by atoms with van der Waals surface area (Å²) in [6.07, 6.45) is 1.59. The van der Waals surface area contributed by atoms with Crippen LogP contribution in [0.3, 0.4) is 0 Å². The number of hydrogen-bond acceptors (Lipinski definition) is 2. The van der Waals surface area contributed by atoms with Gasteiger partial charge in [-0.15, -0.1) is 12.5 Å². The number of rotatable bonds is 1. The van der Waals surface area contributed by atoms with Gasteiger partial charge in [0.25, 0.3) is 0 Å². The molecule has 0 saturated heterocycles. The van der Waals surface area contributed by atoms with E-state index in [0.717, 1.165) is 5.56 Å². The van der Waals surface area contributed by atoms with Crippen LogP contribution >= 0.6 is 0 Å². The van der Waals surface area contributed by atoms with Crippen LogP contribution in [0.25, 0.3) is 0 Å². The molecule has 0 aromatic carbocycles. The number of nitrogens with zero attached hydrogens (tertiary/aromatic N) is 1. The molecular formula is C7H8BrClLiMgNO. The van der Waals surface area contributed by atoms with Gasteiger partial charge in [-0.25, -0.2) is 12.1 Å². The molecule has 0 saturated carbocycles. The molecule has 1 aromatic rings. The number of pyridine rings is 1. The van der Waals surface area contributed by atoms with Gasteiger partial charge >= 0.3 is 41.9 Å². The second-order valence-electron chi connectivity index (χ2n) is 1.76. The summed E-state index contributed by atoms with van der Waals surface area (Å²) in [4.78, 5) is 3.92. The maximum absolute atomic E-state index is 4.91. The Kier molecular flexibility index (Phi) is 23.9. The van der Waals surface area contributed by atoms with E-state index in [1.807, 2.05) is 13.0 Å². The van der Waals surface area contributed by atoms with E-state index < -0.39 is 0 Å². The summed E-state index contributed by atoms with van der Waals surface area (Å²) < 4.78 is 4.91. The molecule has 1 heterocycles. The number of halogens is 2. The quantitative estimate of drug-likeness (QED) is 0.373. The SMILES string of the molecule is COc1nc[c-]cc1C.[Br-].[Cl-].[Li+].[Mg+2]. The summed E-state index contributed by atoms with van der Waals surface area (Å²) in [5.41, 5.74) is 1.01. The van der Waals surface area contributed by atoms with Crippen LogP contribution in [0, 0.1) is 13.0 Å². The van der Waals surface area contributed by atoms with E-state index in [1.54, 1.807) is 13.3 Å². The van der Waals surface area contributed by atoms with Crippen molar-refractivity contribution in [1.82, 2.24) is 4.98 Å². The Morgan fingerprint density at radius 3 is 2.31 bits per heavy atom. The second kappa shape index (κ2) is 13.1. The number of hydrogen-bond donors (Lipinski definition) is 0. The normalized spacial score (nSPS) is 6.31. The molecule has 0 fully saturated rings. The van der Waals surface area contributed by atoms with Crippen molar-refractivity contribution in [2.24, 2.45) is 0 Å². The van der Waals surface area contributed by atoms with E-state index in [-0.39, 0.29) is 71.3 Å². The third kappa shape index (κ3) is 8.10. The standard InChI is InChI=1S/C7H8NO.BrH.ClH.Li.Mg/c1-6-4-3-5-8-7(6)9-2;;;;/h4-5H,1-2H3;2*1H;;/q-1;;;+1;+2/p-2. The minimum absolute atomic E-state index is 0. The molecule has 0 radical (unpaired) electrons. The zero-order valence-electron chi connectivity index (χ0n) is 7.97. The predicted molar refractivity (Wildman–Crippen MR) is 40.1 cm³/mol. The van der Waals surface area contributed by atoms with E-state index in [1.165, 1.54) is 0 Å². The fraction of sp³-hybridized carbons (Fsp3) is 0.286. The summed E-state index contributed by atoms with van der Waals surface area (Å²) in [6, 6.07) is 4.68. The van der Waals surface area contributed by atoms with Crippen molar-refractivity contribution >= 4 is 23.1 Å². The smallest absolute Gasteiger partial charge is 1.00 e. The van der Waals surface area contributed by atoms with Crippen LogP contribution in [0.4, 0.5) is 0 Å². The molecule has 0 bridgehead atoms. The van der Waals surface area contributed by atoms with Gasteiger partial charge in [-0.2, -0.15) is 0 Å². The van der Waals surface area contributed by atoms with Gasteiger partial charge in [0.05, 0.1) is 7.11 Å². The van der Waals surface area contributed by atoms with E-state index in [9.17, 15) is 0 Å². The van der Waals surface area contributed by atoms with Gasteiger partial charge in [0.15, 0.2) is 0 Å². The van der Waals surface area contributed by atoms with Crippen LogP contribution in [0.5, 0.6) is 5.88 Å². The summed E-state index contributed by atoms with van der Waals surface area (Å²) in [5, 5.41) is 0. The van der Waals surface area contributed by atoms with Crippen LogP contribution in [-0.4, -0.2) is 35.1 Å². The number of aromatic nitrogens is 1. The Labute approximate surface area is 124 Å². The number of aryl methyl sites for hydroxylation is 1. The first-order valence-electron chi connectivity index (χ1n) is 2.71. The average molecular weight is 269 g/mol. The van der Waals surface area contributed by atoms with Crippen LogP contribution in [0.15, 0.2) is 12.3 Å². The molecule has 0 amide bonds. The molecule has 0 atom stereocenters. The van der Waals surface area contributed by atoms with Crippen molar-refractivity contribution in [3.63, 3.8) is 0 Å². The third-order valence-electron chi connectivity index (χ3n) is 1.09. The van der Waals surface area contributed by atoms with Crippen LogP contribution in [0.2, 0.25) is 0 Å². The number of methoxy groups -OCH3 is 1. The molecule has 6 heteroatoms. The fourth-order valence-corrected chi connectivity index (χ4v) is 0.635. The van der Waals surface area contributed by atoms with Gasteiger partial charge in [0, 0.05) is 0 Å². The van der Waals surface area contributed by atoms with Crippen molar-refractivity contribution in [3.8, 4) is 5.88 Å². The van der Waals surface area contributed by atoms with Crippen LogP contribution in [0.1, 0.15) is 5.56 Å². The molecule has 0 aliphatic heterocycles. The second-order valence-corrected chi connectivity index (χ2v) is 1.76. The Morgan fingerprint density at radius 1 is 1.46 bits per heavy atom. The molecule has 1 rings (SSSR count). The molecule has 13 heavy (non-hydrogen) atoms. The topological polar surface area (TPSA) is 22.1 Å². The van der Waals surface area contributed by atoms with Gasteiger partial charge in [0.1, 0.15) is 5.88 Å². The van der Waals surface area contributed by atoms with E-state index in [4.69, 9.17) is 4.74 Å². The Balaban J connectivity index is -0.000000101. The van der Waals surface area contributed by atoms with Gasteiger partial charge in [-0.3, -0.25) is 4.98 Å². The van der Waals surface area contributed by atoms with Gasteiger partial charge < -0.3 is 34.1 Å². The van der Waals surface area contributed by atoms with E-state index in [2.05, 4.69) is 11.1 Å². The Morgan fingerprint density at radius 2 is 2.00 bits per heavy atom. The monoisotopic (exact) mass is 267 g/mol. The zero-order valence-corrected chi connectivity index (χ0v) is 11.7. The van der Waals surface area contributed by atoms with Crippen LogP contribution in [-0.2, 0) is 0 Å². The van der Waals surface area contributed by atoms with Gasteiger partial charge in [-0.1, -0.05) is 6.20 Å². The molecule has 0 aliphatic carbocycles. The summed E-state index contributed by atoms with van der Waals surface area (Å²) in [7, 11) is 1.61. The maximum Gasteiger partial charge on any atom is 2.00 e. The molecule has 0 spiro atoms. The van der Waals surface area contributed by atoms with Gasteiger partial charge in [0.2, 0.25) is 0 Å². The average Bonchev–Trinajstić information content (AvgIpc) is 1.89. The zero-order chi connectivity index (χ0) is 6.69. The van der Waals surface area contributed by atoms with Crippen molar-refractivity contribution in [3.05, 3.63) is 23.9 Å². The molecule has 2 nitrogen and oxygen atoms in total. The van der Waals surface area contributed by atoms with Gasteiger partial charge in [-0.05, 0) is 0 Å². The van der Waals surface area contributed by atoms with Crippen molar-refractivity contribution < 1.29 is 53.0 Å². The molecule has 64 valence electrons. The van der Waals surface area contributed by atoms with Crippen molar-refractivity contribution in [1.29, 1.82) is 0 Å². The fourth-order valence-electron chi connectivity index (χ4n) is 0.635. The molecule has 0 N–H and O–H groups in total. The number of ether oxygens (including phenoxy) is 1. The maximum atomic E-state index is 4.91. The van der Waals surface area contributed by atoms with Crippen molar-refractivity contribution in [2.75, 3.05) is 7.11 Å². The predicted octanol–water partition coefficient (Wildman–Crippen LogP) is -8.17. The molecular weight excluding hydrogens is 261 g/mol. The summed E-state index contributed by atoms with van der Waals surface area (Å²) in [6.45, 7) is 1.93. The Bertz CT molecular complexity index is 217. The van der Waals surface area contributed by atoms with E-state index in [0.29, 0.717) is 5.88 Å². The Hall–Kier alpha value is 1.08. The van der Waals surface area contributed by atoms with Crippen LogP contribution < -0.4 is 53.0 Å². The molecule has 1 aromatic heterocycles. The minimum Gasteiger partial charge on any atom is -1.00 e. The summed E-state index contributed by atoms with van der Waals surface area (Å²) in [5.74, 6) is 0.675. The molecule has 0 aliphatic rings. The first kappa shape index (κ1) is 23.7. The largest absolute Gasteiger partial charge is 2.00 e. The third-order valence-corrected chi connectivity index (χ3v) is 1.09. The summed E-state index contributed by atoms with van der Waals surface area (Å²) >= 11 is 0. The first-order valence-corrected chi connectivity index (χ1v) is 2.71. The molecule has 0 unspecified atom stereocenters. The van der Waals surface area contributed by atoms with E-state index >= 15 is 0 Å². The first-order chi connectivity index (χ1) is 4.34. The van der Waals surface area contributed by atoms with Crippen molar-refractivity contribution in [2.45, 2.75) is 6.92 Å². The minimum atomic E-state index is 0.